The quantitative estimate of drug-likeness (QED) is 0.799. The van der Waals surface area contributed by atoms with Crippen molar-refractivity contribution in [2.75, 3.05) is 5.73 Å². The van der Waals surface area contributed by atoms with Gasteiger partial charge in [0.2, 0.25) is 0 Å². The van der Waals surface area contributed by atoms with Crippen LogP contribution in [0.3, 0.4) is 0 Å². The van der Waals surface area contributed by atoms with Gasteiger partial charge < -0.3 is 5.73 Å². The summed E-state index contributed by atoms with van der Waals surface area (Å²) in [6.45, 7) is 12.1. The predicted molar refractivity (Wildman–Crippen MR) is 67.2 cm³/mol. The molecule has 0 radical (unpaired) electrons. The van der Waals surface area contributed by atoms with E-state index in [0.717, 1.165) is 16.4 Å². The molecule has 0 aliphatic rings. The van der Waals surface area contributed by atoms with Crippen LogP contribution in [-0.4, -0.2) is 9.78 Å². The molecular weight excluding hydrogens is 206 g/mol. The Labute approximate surface area is 95.7 Å². The minimum atomic E-state index is 0.322. The number of aromatic nitrogens is 2. The summed E-state index contributed by atoms with van der Waals surface area (Å²) in [5.41, 5.74) is 7.85. The molecule has 84 valence electrons. The Kier molecular flexibility index (Phi) is 3.85. The maximum atomic E-state index is 6.08. The van der Waals surface area contributed by atoms with Crippen molar-refractivity contribution in [2.24, 2.45) is 0 Å². The Hall–Kier alpha value is -0.900. The first-order chi connectivity index (χ1) is 6.99. The number of hydrogen-bond donors (Lipinski definition) is 1. The second-order valence-electron chi connectivity index (χ2n) is 4.08. The fourth-order valence-corrected chi connectivity index (χ4v) is 2.17. The van der Waals surface area contributed by atoms with E-state index in [1.807, 2.05) is 4.68 Å². The van der Waals surface area contributed by atoms with Crippen molar-refractivity contribution in [1.82, 2.24) is 9.78 Å². The van der Waals surface area contributed by atoms with Gasteiger partial charge in [0.1, 0.15) is 5.03 Å². The summed E-state index contributed by atoms with van der Waals surface area (Å²) in [6, 6.07) is 0.322. The van der Waals surface area contributed by atoms with Crippen LogP contribution >= 0.6 is 11.8 Å². The van der Waals surface area contributed by atoms with Gasteiger partial charge >= 0.3 is 0 Å². The fraction of sp³-hybridized carbons (Fsp3) is 0.545. The number of nitrogen functional groups attached to an aromatic ring is 1. The zero-order chi connectivity index (χ0) is 11.6. The van der Waals surface area contributed by atoms with Crippen LogP contribution in [0.5, 0.6) is 0 Å². The van der Waals surface area contributed by atoms with Gasteiger partial charge in [0.05, 0.1) is 11.4 Å². The zero-order valence-corrected chi connectivity index (χ0v) is 10.6. The van der Waals surface area contributed by atoms with Crippen molar-refractivity contribution in [3.63, 3.8) is 0 Å². The van der Waals surface area contributed by atoms with Crippen molar-refractivity contribution in [1.29, 1.82) is 0 Å². The van der Waals surface area contributed by atoms with Gasteiger partial charge in [-0.15, -0.1) is 0 Å². The van der Waals surface area contributed by atoms with Gasteiger partial charge in [-0.25, -0.2) is 0 Å². The summed E-state index contributed by atoms with van der Waals surface area (Å²) in [5, 5.41) is 7.34. The van der Waals surface area contributed by atoms with Crippen LogP contribution in [0, 0.1) is 0 Å². The minimum Gasteiger partial charge on any atom is -0.395 e. The van der Waals surface area contributed by atoms with Gasteiger partial charge in [-0.1, -0.05) is 32.2 Å². The van der Waals surface area contributed by atoms with Crippen molar-refractivity contribution in [3.8, 4) is 0 Å². The highest BCUT2D eigenvalue weighted by Gasteiger charge is 2.18. The van der Waals surface area contributed by atoms with E-state index in [9.17, 15) is 0 Å². The monoisotopic (exact) mass is 225 g/mol. The minimum absolute atomic E-state index is 0.322. The van der Waals surface area contributed by atoms with Crippen molar-refractivity contribution < 1.29 is 0 Å². The molecule has 3 nitrogen and oxygen atoms in total. The number of nitrogens with zero attached hydrogens (tertiary/aromatic N) is 2. The van der Waals surface area contributed by atoms with Gasteiger partial charge in [0.15, 0.2) is 0 Å². The average Bonchev–Trinajstić information content (AvgIpc) is 2.45. The maximum Gasteiger partial charge on any atom is 0.122 e. The van der Waals surface area contributed by atoms with Gasteiger partial charge in [-0.05, 0) is 25.2 Å². The first kappa shape index (κ1) is 12.2. The zero-order valence-electron chi connectivity index (χ0n) is 9.82. The largest absolute Gasteiger partial charge is 0.395 e. The highest BCUT2D eigenvalue weighted by molar-refractivity contribution is 8.02. The van der Waals surface area contributed by atoms with Gasteiger partial charge in [-0.2, -0.15) is 5.10 Å². The lowest BCUT2D eigenvalue weighted by Crippen LogP contribution is -2.04. The summed E-state index contributed by atoms with van der Waals surface area (Å²) in [7, 11) is 0. The first-order valence-corrected chi connectivity index (χ1v) is 6.02. The third-order valence-corrected chi connectivity index (χ3v) is 2.96. The van der Waals surface area contributed by atoms with E-state index in [1.165, 1.54) is 11.8 Å². The number of hydrogen-bond acceptors (Lipinski definition) is 3. The summed E-state index contributed by atoms with van der Waals surface area (Å²) >= 11 is 1.53. The molecule has 1 rings (SSSR count). The van der Waals surface area contributed by atoms with Gasteiger partial charge in [0, 0.05) is 6.04 Å². The molecule has 4 heteroatoms. The Balaban J connectivity index is 3.25. The summed E-state index contributed by atoms with van der Waals surface area (Å²) in [6.07, 6.45) is 0. The molecule has 0 aromatic carbocycles. The molecule has 1 aromatic rings. The third-order valence-electron chi connectivity index (χ3n) is 2.16. The Morgan fingerprint density at radius 1 is 1.40 bits per heavy atom. The van der Waals surface area contributed by atoms with E-state index in [-0.39, 0.29) is 0 Å². The van der Waals surface area contributed by atoms with Crippen LogP contribution in [0.1, 0.15) is 45.3 Å². The number of thioether (sulfide) groups is 1. The van der Waals surface area contributed by atoms with Crippen molar-refractivity contribution >= 4 is 17.4 Å². The third kappa shape index (κ3) is 2.37. The number of nitrogens with two attached hydrogens (primary N) is 1. The number of rotatable bonds is 4. The average molecular weight is 225 g/mol. The molecule has 0 bridgehead atoms. The molecule has 0 fully saturated rings. The SMILES string of the molecule is C=CSc1c(N)c(C(C)C)nn1C(C)C. The van der Waals surface area contributed by atoms with E-state index in [1.54, 1.807) is 5.41 Å². The smallest absolute Gasteiger partial charge is 0.122 e. The first-order valence-electron chi connectivity index (χ1n) is 5.14. The standard InChI is InChI=1S/C11H19N3S/c1-6-15-11-9(12)10(7(2)3)13-14(11)8(4)5/h6-8H,1,12H2,2-5H3. The molecule has 0 saturated carbocycles. The molecule has 0 unspecified atom stereocenters. The summed E-state index contributed by atoms with van der Waals surface area (Å²) < 4.78 is 1.97. The molecule has 0 amide bonds. The molecule has 0 atom stereocenters. The highest BCUT2D eigenvalue weighted by Crippen LogP contribution is 2.33. The molecule has 0 saturated heterocycles. The molecule has 0 aliphatic carbocycles. The molecule has 1 heterocycles. The maximum absolute atomic E-state index is 6.08. The second-order valence-corrected chi connectivity index (χ2v) is 5.04. The van der Waals surface area contributed by atoms with Crippen LogP contribution < -0.4 is 5.73 Å². The van der Waals surface area contributed by atoms with Crippen LogP contribution in [0.15, 0.2) is 17.0 Å². The van der Waals surface area contributed by atoms with Crippen LogP contribution in [0.4, 0.5) is 5.69 Å². The fourth-order valence-electron chi connectivity index (χ4n) is 1.42. The topological polar surface area (TPSA) is 43.8 Å². The van der Waals surface area contributed by atoms with Crippen LogP contribution in [0.25, 0.3) is 0 Å². The summed E-state index contributed by atoms with van der Waals surface area (Å²) in [5.74, 6) is 0.356. The van der Waals surface area contributed by atoms with E-state index in [4.69, 9.17) is 5.73 Å². The molecule has 15 heavy (non-hydrogen) atoms. The van der Waals surface area contributed by atoms with E-state index in [0.29, 0.717) is 12.0 Å². The van der Waals surface area contributed by atoms with Crippen molar-refractivity contribution in [2.45, 2.75) is 44.7 Å². The van der Waals surface area contributed by atoms with Gasteiger partial charge in [0.25, 0.3) is 0 Å². The Morgan fingerprint density at radius 2 is 2.00 bits per heavy atom. The normalized spacial score (nSPS) is 11.3. The van der Waals surface area contributed by atoms with Gasteiger partial charge in [-0.3, -0.25) is 4.68 Å². The molecule has 0 spiro atoms. The van der Waals surface area contributed by atoms with E-state index in [2.05, 4.69) is 39.4 Å². The lowest BCUT2D eigenvalue weighted by molar-refractivity contribution is 0.487. The lowest BCUT2D eigenvalue weighted by atomic mass is 10.1. The predicted octanol–water partition coefficient (Wildman–Crippen LogP) is 3.41. The molecular formula is C11H19N3S. The second kappa shape index (κ2) is 4.75. The van der Waals surface area contributed by atoms with E-state index < -0.39 is 0 Å². The van der Waals surface area contributed by atoms with Crippen LogP contribution in [-0.2, 0) is 0 Å². The van der Waals surface area contributed by atoms with Crippen LogP contribution in [0.2, 0.25) is 0 Å². The Bertz CT molecular complexity index is 353. The van der Waals surface area contributed by atoms with Crippen molar-refractivity contribution in [3.05, 3.63) is 17.7 Å². The lowest BCUT2D eigenvalue weighted by Gasteiger charge is -2.08. The Morgan fingerprint density at radius 3 is 2.40 bits per heavy atom. The molecule has 2 N–H and O–H groups in total. The molecule has 1 aromatic heterocycles. The highest BCUT2D eigenvalue weighted by atomic mass is 32.2. The summed E-state index contributed by atoms with van der Waals surface area (Å²) in [4.78, 5) is 0. The molecule has 0 aliphatic heterocycles. The number of anilines is 1. The van der Waals surface area contributed by atoms with E-state index >= 15 is 0 Å².